The molecule has 4 heteroatoms. The van der Waals surface area contributed by atoms with E-state index in [1.165, 1.54) is 5.57 Å². The number of aliphatic hydroxyl groups is 1. The van der Waals surface area contributed by atoms with Crippen molar-refractivity contribution in [1.82, 2.24) is 0 Å². The number of hydrogen-bond donors (Lipinski definition) is 2. The first kappa shape index (κ1) is 24.5. The summed E-state index contributed by atoms with van der Waals surface area (Å²) in [4.78, 5) is 25.1. The lowest BCUT2D eigenvalue weighted by atomic mass is 9.33. The lowest BCUT2D eigenvalue weighted by Gasteiger charge is -2.71. The number of ketones is 1. The standard InChI is InChI=1S/C30H46O4/c1-17-18(25(33)34)16-23(32)28(5)14-15-29(6)19(24(17)28)8-9-21-27(4)12-11-22(31)26(2,3)20(27)10-13-30(21,29)7/h8,17-18,20-21,23-24,32H,9-16H2,1-7H3,(H,33,34)/t17-,18+,20-,21-,23-,24-,27-,28-,29+,30+/m0/s1. The summed E-state index contributed by atoms with van der Waals surface area (Å²) < 4.78 is 0. The minimum Gasteiger partial charge on any atom is -0.481 e. The van der Waals surface area contributed by atoms with Gasteiger partial charge < -0.3 is 10.2 Å². The van der Waals surface area contributed by atoms with Gasteiger partial charge in [-0.25, -0.2) is 0 Å². The monoisotopic (exact) mass is 470 g/mol. The van der Waals surface area contributed by atoms with Gasteiger partial charge >= 0.3 is 5.97 Å². The fourth-order valence-corrected chi connectivity index (χ4v) is 10.8. The van der Waals surface area contributed by atoms with Crippen LogP contribution in [0.5, 0.6) is 0 Å². The summed E-state index contributed by atoms with van der Waals surface area (Å²) in [7, 11) is 0. The van der Waals surface area contributed by atoms with Crippen molar-refractivity contribution in [3.8, 4) is 0 Å². The van der Waals surface area contributed by atoms with Gasteiger partial charge in [0, 0.05) is 17.3 Å². The van der Waals surface area contributed by atoms with Crippen molar-refractivity contribution in [2.75, 3.05) is 0 Å². The van der Waals surface area contributed by atoms with Crippen molar-refractivity contribution in [2.24, 2.45) is 56.7 Å². The SMILES string of the molecule is C[C@@H]1[C@H]2C3=CC[C@H]4[C@@]5(C)CCC(=O)C(C)(C)[C@@H]5CC[C@@]4(C)[C@]3(C)CC[C@@]2(C)[C@@H](O)C[C@H]1C(=O)O. The third kappa shape index (κ3) is 2.75. The van der Waals surface area contributed by atoms with E-state index in [9.17, 15) is 19.8 Å². The number of aliphatic carboxylic acids is 1. The van der Waals surface area contributed by atoms with Crippen molar-refractivity contribution < 1.29 is 19.8 Å². The third-order valence-electron chi connectivity index (χ3n) is 13.2. The average Bonchev–Trinajstić information content (AvgIpc) is 2.74. The Bertz CT molecular complexity index is 949. The van der Waals surface area contributed by atoms with E-state index in [0.717, 1.165) is 38.5 Å². The molecule has 0 aromatic carbocycles. The first-order valence-corrected chi connectivity index (χ1v) is 13.8. The highest BCUT2D eigenvalue weighted by Gasteiger charge is 2.69. The van der Waals surface area contributed by atoms with E-state index in [2.05, 4.69) is 54.5 Å². The van der Waals surface area contributed by atoms with Crippen molar-refractivity contribution in [2.45, 2.75) is 106 Å². The molecule has 0 amide bonds. The van der Waals surface area contributed by atoms with Gasteiger partial charge in [0.25, 0.3) is 0 Å². The first-order valence-electron chi connectivity index (χ1n) is 13.8. The molecule has 0 heterocycles. The maximum Gasteiger partial charge on any atom is 0.306 e. The number of hydrogen-bond acceptors (Lipinski definition) is 3. The maximum absolute atomic E-state index is 12.9. The fraction of sp³-hybridized carbons (Fsp3) is 0.867. The molecule has 34 heavy (non-hydrogen) atoms. The lowest BCUT2D eigenvalue weighted by Crippen LogP contribution is -2.65. The molecule has 0 aliphatic heterocycles. The van der Waals surface area contributed by atoms with Crippen LogP contribution >= 0.6 is 0 Å². The fourth-order valence-electron chi connectivity index (χ4n) is 10.8. The van der Waals surface area contributed by atoms with Gasteiger partial charge in [0.15, 0.2) is 0 Å². The Labute approximate surface area is 206 Å². The summed E-state index contributed by atoms with van der Waals surface area (Å²) in [6.45, 7) is 16.2. The summed E-state index contributed by atoms with van der Waals surface area (Å²) in [5, 5.41) is 21.2. The van der Waals surface area contributed by atoms with Gasteiger partial charge in [-0.1, -0.05) is 60.1 Å². The van der Waals surface area contributed by atoms with E-state index in [0.29, 0.717) is 30.5 Å². The number of carbonyl (C=O) groups is 2. The van der Waals surface area contributed by atoms with Crippen molar-refractivity contribution in [3.05, 3.63) is 11.6 Å². The van der Waals surface area contributed by atoms with Gasteiger partial charge in [-0.3, -0.25) is 9.59 Å². The van der Waals surface area contributed by atoms with E-state index in [4.69, 9.17) is 0 Å². The quantitative estimate of drug-likeness (QED) is 0.443. The molecular formula is C30H46O4. The molecule has 4 saturated carbocycles. The number of carbonyl (C=O) groups excluding carboxylic acids is 1. The predicted octanol–water partition coefficient (Wildman–Crippen LogP) is 6.27. The third-order valence-corrected chi connectivity index (χ3v) is 13.2. The summed E-state index contributed by atoms with van der Waals surface area (Å²) in [5.74, 6) is 0.291. The van der Waals surface area contributed by atoms with Gasteiger partial charge in [-0.15, -0.1) is 0 Å². The topological polar surface area (TPSA) is 74.6 Å². The van der Waals surface area contributed by atoms with Gasteiger partial charge in [-0.05, 0) is 84.9 Å². The van der Waals surface area contributed by atoms with Crippen LogP contribution < -0.4 is 0 Å². The Hall–Kier alpha value is -1.16. The Kier molecular flexibility index (Phi) is 5.20. The van der Waals surface area contributed by atoms with Crippen LogP contribution in [0.1, 0.15) is 99.8 Å². The Balaban J connectivity index is 1.60. The molecule has 4 nitrogen and oxygen atoms in total. The number of aliphatic hydroxyl groups excluding tert-OH is 1. The number of allylic oxidation sites excluding steroid dienone is 2. The Morgan fingerprint density at radius 3 is 2.29 bits per heavy atom. The van der Waals surface area contributed by atoms with E-state index in [1.807, 2.05) is 0 Å². The molecule has 0 aromatic rings. The molecule has 5 rings (SSSR count). The summed E-state index contributed by atoms with van der Waals surface area (Å²) in [5.41, 5.74) is 1.24. The normalized spacial score (nSPS) is 54.1. The second-order valence-corrected chi connectivity index (χ2v) is 14.5. The zero-order chi connectivity index (χ0) is 25.1. The minimum absolute atomic E-state index is 0.00798. The van der Waals surface area contributed by atoms with Crippen LogP contribution in [0.15, 0.2) is 11.6 Å². The highest BCUT2D eigenvalue weighted by atomic mass is 16.4. The molecule has 2 N–H and O–H groups in total. The highest BCUT2D eigenvalue weighted by molar-refractivity contribution is 5.85. The molecule has 5 aliphatic carbocycles. The van der Waals surface area contributed by atoms with E-state index in [1.54, 1.807) is 0 Å². The molecule has 0 aromatic heterocycles. The second kappa shape index (κ2) is 7.20. The molecule has 0 unspecified atom stereocenters. The van der Waals surface area contributed by atoms with Gasteiger partial charge in [0.1, 0.15) is 5.78 Å². The molecule has 190 valence electrons. The summed E-state index contributed by atoms with van der Waals surface area (Å²) in [6, 6.07) is 0. The molecule has 0 saturated heterocycles. The van der Waals surface area contributed by atoms with Crippen LogP contribution in [-0.2, 0) is 9.59 Å². The van der Waals surface area contributed by atoms with E-state index in [-0.39, 0.29) is 38.9 Å². The molecule has 0 spiro atoms. The first-order chi connectivity index (χ1) is 15.6. The number of fused-ring (bicyclic) bond motifs is 7. The molecule has 0 bridgehead atoms. The highest BCUT2D eigenvalue weighted by Crippen LogP contribution is 2.75. The van der Waals surface area contributed by atoms with Gasteiger partial charge in [0.2, 0.25) is 0 Å². The average molecular weight is 471 g/mol. The predicted molar refractivity (Wildman–Crippen MR) is 133 cm³/mol. The zero-order valence-corrected chi connectivity index (χ0v) is 22.4. The van der Waals surface area contributed by atoms with Crippen molar-refractivity contribution in [1.29, 1.82) is 0 Å². The molecular weight excluding hydrogens is 424 g/mol. The second-order valence-electron chi connectivity index (χ2n) is 14.5. The van der Waals surface area contributed by atoms with Crippen LogP contribution in [0.3, 0.4) is 0 Å². The summed E-state index contributed by atoms with van der Waals surface area (Å²) >= 11 is 0. The molecule has 5 aliphatic rings. The Morgan fingerprint density at radius 2 is 1.65 bits per heavy atom. The van der Waals surface area contributed by atoms with Gasteiger partial charge in [-0.2, -0.15) is 0 Å². The summed E-state index contributed by atoms with van der Waals surface area (Å²) in [6.07, 6.45) is 9.26. The van der Waals surface area contributed by atoms with Crippen LogP contribution in [0, 0.1) is 56.7 Å². The number of carboxylic acid groups (broad SMARTS) is 1. The lowest BCUT2D eigenvalue weighted by molar-refractivity contribution is -0.194. The van der Waals surface area contributed by atoms with Gasteiger partial charge in [0.05, 0.1) is 12.0 Å². The van der Waals surface area contributed by atoms with Crippen LogP contribution in [0.4, 0.5) is 0 Å². The molecule has 4 fully saturated rings. The van der Waals surface area contributed by atoms with Crippen molar-refractivity contribution in [3.63, 3.8) is 0 Å². The number of rotatable bonds is 1. The minimum atomic E-state index is -0.761. The number of Topliss-reactive ketones (excluding diaryl/α,β-unsaturated/α-hetero) is 1. The van der Waals surface area contributed by atoms with Crippen LogP contribution in [0.2, 0.25) is 0 Å². The molecule has 0 radical (unpaired) electrons. The van der Waals surface area contributed by atoms with E-state index < -0.39 is 18.0 Å². The Morgan fingerprint density at radius 1 is 0.971 bits per heavy atom. The van der Waals surface area contributed by atoms with E-state index >= 15 is 0 Å². The van der Waals surface area contributed by atoms with Crippen LogP contribution in [0.25, 0.3) is 0 Å². The largest absolute Gasteiger partial charge is 0.481 e. The van der Waals surface area contributed by atoms with Crippen molar-refractivity contribution >= 4 is 11.8 Å². The zero-order valence-electron chi connectivity index (χ0n) is 22.4. The maximum atomic E-state index is 12.9. The molecule has 10 atom stereocenters. The smallest absolute Gasteiger partial charge is 0.306 e. The number of carboxylic acids is 1. The van der Waals surface area contributed by atoms with Crippen LogP contribution in [-0.4, -0.2) is 28.1 Å².